The van der Waals surface area contributed by atoms with Gasteiger partial charge in [-0.2, -0.15) is 5.26 Å². The van der Waals surface area contributed by atoms with Gasteiger partial charge in [0.15, 0.2) is 6.61 Å². The molecule has 34 heavy (non-hydrogen) atoms. The predicted octanol–water partition coefficient (Wildman–Crippen LogP) is 4.68. The minimum atomic E-state index is -0.557. The van der Waals surface area contributed by atoms with Crippen molar-refractivity contribution in [2.45, 2.75) is 19.3 Å². The van der Waals surface area contributed by atoms with E-state index in [1.807, 2.05) is 49.4 Å². The average molecular weight is 456 g/mol. The summed E-state index contributed by atoms with van der Waals surface area (Å²) in [6, 6.07) is 23.7. The Bertz CT molecular complexity index is 1250. The van der Waals surface area contributed by atoms with Gasteiger partial charge in [0.1, 0.15) is 34.6 Å². The van der Waals surface area contributed by atoms with Crippen molar-refractivity contribution in [2.75, 3.05) is 13.2 Å². The zero-order valence-corrected chi connectivity index (χ0v) is 18.7. The van der Waals surface area contributed by atoms with E-state index in [-0.39, 0.29) is 18.2 Å². The second kappa shape index (κ2) is 10.5. The van der Waals surface area contributed by atoms with Crippen LogP contribution in [0, 0.1) is 11.3 Å². The minimum absolute atomic E-state index is 0.00997. The SMILES string of the molecule is CCCOc1cccc(C2C(C#N)=C(N)Oc3cc(OC(=O)COc4ccccc4)ccc32)c1. The summed E-state index contributed by atoms with van der Waals surface area (Å²) in [5.41, 5.74) is 7.98. The number of para-hydroxylation sites is 1. The average Bonchev–Trinajstić information content (AvgIpc) is 2.86. The fourth-order valence-electron chi connectivity index (χ4n) is 3.67. The quantitative estimate of drug-likeness (QED) is 0.388. The van der Waals surface area contributed by atoms with Gasteiger partial charge in [-0.1, -0.05) is 43.3 Å². The van der Waals surface area contributed by atoms with Gasteiger partial charge in [0, 0.05) is 11.6 Å². The predicted molar refractivity (Wildman–Crippen MR) is 126 cm³/mol. The van der Waals surface area contributed by atoms with Crippen LogP contribution >= 0.6 is 0 Å². The number of hydrogen-bond donors (Lipinski definition) is 1. The van der Waals surface area contributed by atoms with Crippen LogP contribution in [0.15, 0.2) is 84.3 Å². The van der Waals surface area contributed by atoms with Crippen LogP contribution in [-0.2, 0) is 4.79 Å². The van der Waals surface area contributed by atoms with E-state index in [9.17, 15) is 10.1 Å². The van der Waals surface area contributed by atoms with Crippen LogP contribution in [0.25, 0.3) is 0 Å². The molecule has 1 unspecified atom stereocenters. The number of ether oxygens (including phenoxy) is 4. The lowest BCUT2D eigenvalue weighted by molar-refractivity contribution is -0.136. The summed E-state index contributed by atoms with van der Waals surface area (Å²) in [5.74, 6) is 0.998. The Balaban J connectivity index is 1.56. The fraction of sp³-hybridized carbons (Fsp3) is 0.185. The molecular formula is C27H24N2O5. The molecular weight excluding hydrogens is 432 g/mol. The lowest BCUT2D eigenvalue weighted by Crippen LogP contribution is -2.21. The van der Waals surface area contributed by atoms with Crippen molar-refractivity contribution in [3.05, 3.63) is 95.4 Å². The summed E-state index contributed by atoms with van der Waals surface area (Å²) in [4.78, 5) is 12.2. The molecule has 2 N–H and O–H groups in total. The first kappa shape index (κ1) is 22.7. The van der Waals surface area contributed by atoms with Crippen LogP contribution in [0.4, 0.5) is 0 Å². The molecule has 1 atom stereocenters. The highest BCUT2D eigenvalue weighted by molar-refractivity contribution is 5.74. The number of hydrogen-bond acceptors (Lipinski definition) is 7. The van der Waals surface area contributed by atoms with Gasteiger partial charge in [-0.3, -0.25) is 0 Å². The van der Waals surface area contributed by atoms with Gasteiger partial charge in [-0.15, -0.1) is 0 Å². The number of nitriles is 1. The van der Waals surface area contributed by atoms with E-state index in [4.69, 9.17) is 24.7 Å². The van der Waals surface area contributed by atoms with Crippen molar-refractivity contribution >= 4 is 5.97 Å². The Morgan fingerprint density at radius 1 is 1.00 bits per heavy atom. The highest BCUT2D eigenvalue weighted by Gasteiger charge is 2.31. The summed E-state index contributed by atoms with van der Waals surface area (Å²) >= 11 is 0. The molecule has 1 aliphatic heterocycles. The van der Waals surface area contributed by atoms with Crippen LogP contribution in [-0.4, -0.2) is 19.2 Å². The second-order valence-corrected chi connectivity index (χ2v) is 7.62. The highest BCUT2D eigenvalue weighted by atomic mass is 16.6. The zero-order valence-electron chi connectivity index (χ0n) is 18.7. The van der Waals surface area contributed by atoms with Gasteiger partial charge >= 0.3 is 5.97 Å². The number of esters is 1. The number of carbonyl (C=O) groups excluding carboxylic acids is 1. The van der Waals surface area contributed by atoms with Crippen LogP contribution in [0.3, 0.4) is 0 Å². The van der Waals surface area contributed by atoms with Crippen molar-refractivity contribution in [3.8, 4) is 29.1 Å². The van der Waals surface area contributed by atoms with Gasteiger partial charge in [0.05, 0.1) is 12.5 Å². The monoisotopic (exact) mass is 456 g/mol. The molecule has 3 aromatic rings. The smallest absolute Gasteiger partial charge is 0.349 e. The lowest BCUT2D eigenvalue weighted by atomic mass is 9.83. The molecule has 1 heterocycles. The van der Waals surface area contributed by atoms with Gasteiger partial charge in [0.2, 0.25) is 5.88 Å². The molecule has 1 aliphatic rings. The van der Waals surface area contributed by atoms with E-state index in [0.29, 0.717) is 29.4 Å². The first-order valence-electron chi connectivity index (χ1n) is 10.9. The van der Waals surface area contributed by atoms with Crippen molar-refractivity contribution in [1.82, 2.24) is 0 Å². The number of rotatable bonds is 8. The van der Waals surface area contributed by atoms with Crippen molar-refractivity contribution < 1.29 is 23.7 Å². The van der Waals surface area contributed by atoms with E-state index in [2.05, 4.69) is 6.07 Å². The van der Waals surface area contributed by atoms with Crippen LogP contribution < -0.4 is 24.7 Å². The van der Waals surface area contributed by atoms with E-state index < -0.39 is 11.9 Å². The van der Waals surface area contributed by atoms with E-state index in [1.54, 1.807) is 30.3 Å². The molecule has 172 valence electrons. The van der Waals surface area contributed by atoms with E-state index in [0.717, 1.165) is 17.5 Å². The van der Waals surface area contributed by atoms with Gasteiger partial charge < -0.3 is 24.7 Å². The Morgan fingerprint density at radius 2 is 1.79 bits per heavy atom. The second-order valence-electron chi connectivity index (χ2n) is 7.62. The zero-order chi connectivity index (χ0) is 23.9. The van der Waals surface area contributed by atoms with Crippen LogP contribution in [0.2, 0.25) is 0 Å². The minimum Gasteiger partial charge on any atom is -0.494 e. The summed E-state index contributed by atoms with van der Waals surface area (Å²) in [6.07, 6.45) is 0.887. The van der Waals surface area contributed by atoms with Gasteiger partial charge in [0.25, 0.3) is 0 Å². The van der Waals surface area contributed by atoms with E-state index in [1.165, 1.54) is 0 Å². The third-order valence-corrected chi connectivity index (χ3v) is 5.19. The molecule has 4 rings (SSSR count). The molecule has 0 fully saturated rings. The Labute approximate surface area is 197 Å². The maximum Gasteiger partial charge on any atom is 0.349 e. The Kier molecular flexibility index (Phi) is 6.99. The number of carbonyl (C=O) groups is 1. The highest BCUT2D eigenvalue weighted by Crippen LogP contribution is 2.44. The largest absolute Gasteiger partial charge is 0.494 e. The van der Waals surface area contributed by atoms with E-state index >= 15 is 0 Å². The molecule has 0 spiro atoms. The first-order valence-corrected chi connectivity index (χ1v) is 10.9. The van der Waals surface area contributed by atoms with Crippen molar-refractivity contribution in [3.63, 3.8) is 0 Å². The summed E-state index contributed by atoms with van der Waals surface area (Å²) in [6.45, 7) is 2.39. The first-order chi connectivity index (χ1) is 16.6. The molecule has 0 saturated carbocycles. The Hall–Kier alpha value is -4.44. The van der Waals surface area contributed by atoms with Gasteiger partial charge in [-0.25, -0.2) is 4.79 Å². The molecule has 0 radical (unpaired) electrons. The number of nitrogens with two attached hydrogens (primary N) is 1. The number of nitrogens with zero attached hydrogens (tertiary/aromatic N) is 1. The van der Waals surface area contributed by atoms with Crippen LogP contribution in [0.5, 0.6) is 23.0 Å². The molecule has 0 saturated heterocycles. The van der Waals surface area contributed by atoms with Crippen LogP contribution in [0.1, 0.15) is 30.4 Å². The van der Waals surface area contributed by atoms with Crippen molar-refractivity contribution in [2.24, 2.45) is 5.73 Å². The molecule has 7 heteroatoms. The topological polar surface area (TPSA) is 104 Å². The normalized spacial score (nSPS) is 14.4. The number of allylic oxidation sites excluding steroid dienone is 1. The number of fused-ring (bicyclic) bond motifs is 1. The number of benzene rings is 3. The summed E-state index contributed by atoms with van der Waals surface area (Å²) in [5, 5.41) is 9.77. The third kappa shape index (κ3) is 5.13. The fourth-order valence-corrected chi connectivity index (χ4v) is 3.67. The molecule has 3 aromatic carbocycles. The third-order valence-electron chi connectivity index (χ3n) is 5.19. The molecule has 7 nitrogen and oxygen atoms in total. The maximum absolute atomic E-state index is 12.2. The lowest BCUT2D eigenvalue weighted by Gasteiger charge is -2.27. The molecule has 0 aromatic heterocycles. The summed E-state index contributed by atoms with van der Waals surface area (Å²) < 4.78 is 22.3. The molecule has 0 aliphatic carbocycles. The molecule has 0 amide bonds. The van der Waals surface area contributed by atoms with Crippen molar-refractivity contribution in [1.29, 1.82) is 5.26 Å². The summed E-state index contributed by atoms with van der Waals surface area (Å²) in [7, 11) is 0. The molecule has 0 bridgehead atoms. The van der Waals surface area contributed by atoms with Gasteiger partial charge in [-0.05, 0) is 42.3 Å². The maximum atomic E-state index is 12.2. The standard InChI is InChI=1S/C27H24N2O5/c1-2-13-31-20-10-6-7-18(14-20)26-22-12-11-21(15-24(22)34-27(29)23(26)16-28)33-25(30)17-32-19-8-4-3-5-9-19/h3-12,14-15,26H,2,13,17,29H2,1H3. The Morgan fingerprint density at radius 3 is 2.56 bits per heavy atom.